The van der Waals surface area contributed by atoms with E-state index in [1.165, 1.54) is 21.3 Å². The van der Waals surface area contributed by atoms with Gasteiger partial charge in [0.2, 0.25) is 12.1 Å². The van der Waals surface area contributed by atoms with Gasteiger partial charge < -0.3 is 24.4 Å². The molecular formula is C9H20O5. The molecule has 2 unspecified atom stereocenters. The molecule has 5 nitrogen and oxygen atoms in total. The minimum absolute atomic E-state index is 0.0480. The van der Waals surface area contributed by atoms with Gasteiger partial charge in [-0.15, -0.1) is 0 Å². The molecule has 0 bridgehead atoms. The first-order valence-corrected chi connectivity index (χ1v) is 4.55. The molecular weight excluding hydrogens is 188 g/mol. The van der Waals surface area contributed by atoms with Crippen LogP contribution in [0.15, 0.2) is 0 Å². The minimum Gasteiger partial charge on any atom is -0.393 e. The van der Waals surface area contributed by atoms with E-state index in [1.54, 1.807) is 0 Å². The van der Waals surface area contributed by atoms with E-state index >= 15 is 0 Å². The SMILES string of the molecule is CCC(O)CC(O)(OC)C(OC)OC. The third-order valence-electron chi connectivity index (χ3n) is 2.15. The maximum absolute atomic E-state index is 9.95. The van der Waals surface area contributed by atoms with Gasteiger partial charge in [-0.3, -0.25) is 0 Å². The second-order valence-corrected chi connectivity index (χ2v) is 3.12. The highest BCUT2D eigenvalue weighted by atomic mass is 16.7. The van der Waals surface area contributed by atoms with E-state index in [0.29, 0.717) is 6.42 Å². The van der Waals surface area contributed by atoms with E-state index in [2.05, 4.69) is 0 Å². The number of aliphatic hydroxyl groups is 2. The number of methoxy groups -OCH3 is 3. The molecule has 0 heterocycles. The molecule has 0 fully saturated rings. The van der Waals surface area contributed by atoms with Gasteiger partial charge >= 0.3 is 0 Å². The van der Waals surface area contributed by atoms with Crippen LogP contribution in [-0.2, 0) is 14.2 Å². The Morgan fingerprint density at radius 2 is 1.71 bits per heavy atom. The van der Waals surface area contributed by atoms with Gasteiger partial charge in [-0.05, 0) is 6.42 Å². The summed E-state index contributed by atoms with van der Waals surface area (Å²) >= 11 is 0. The highest BCUT2D eigenvalue weighted by Crippen LogP contribution is 2.22. The minimum atomic E-state index is -1.61. The van der Waals surface area contributed by atoms with Crippen molar-refractivity contribution >= 4 is 0 Å². The van der Waals surface area contributed by atoms with Crippen molar-refractivity contribution in [2.75, 3.05) is 21.3 Å². The Balaban J connectivity index is 4.43. The molecule has 0 rings (SSSR count). The Labute approximate surface area is 84.6 Å². The molecule has 0 saturated carbocycles. The van der Waals surface area contributed by atoms with Crippen molar-refractivity contribution < 1.29 is 24.4 Å². The molecule has 0 spiro atoms. The maximum Gasteiger partial charge on any atom is 0.220 e. The van der Waals surface area contributed by atoms with Gasteiger partial charge in [0, 0.05) is 27.8 Å². The van der Waals surface area contributed by atoms with Gasteiger partial charge in [0.1, 0.15) is 0 Å². The third-order valence-corrected chi connectivity index (χ3v) is 2.15. The van der Waals surface area contributed by atoms with Crippen molar-refractivity contribution in [3.05, 3.63) is 0 Å². The van der Waals surface area contributed by atoms with Crippen molar-refractivity contribution in [2.45, 2.75) is 37.9 Å². The third kappa shape index (κ3) is 3.51. The highest BCUT2D eigenvalue weighted by Gasteiger charge is 2.39. The van der Waals surface area contributed by atoms with E-state index in [9.17, 15) is 10.2 Å². The van der Waals surface area contributed by atoms with Crippen LogP contribution in [0.1, 0.15) is 19.8 Å². The largest absolute Gasteiger partial charge is 0.393 e. The summed E-state index contributed by atoms with van der Waals surface area (Å²) in [6.45, 7) is 1.81. The van der Waals surface area contributed by atoms with Crippen LogP contribution in [0.3, 0.4) is 0 Å². The summed E-state index contributed by atoms with van der Waals surface area (Å²) < 4.78 is 14.7. The standard InChI is InChI=1S/C9H20O5/c1-5-7(10)6-9(11,14-4)8(12-2)13-3/h7-8,10-11H,5-6H2,1-4H3. The molecule has 0 radical (unpaired) electrons. The van der Waals surface area contributed by atoms with Gasteiger partial charge in [0.05, 0.1) is 6.10 Å². The Bertz CT molecular complexity index is 148. The summed E-state index contributed by atoms with van der Waals surface area (Å²) in [5.74, 6) is -1.61. The lowest BCUT2D eigenvalue weighted by atomic mass is 10.1. The Kier molecular flexibility index (Phi) is 6.22. The zero-order valence-electron chi connectivity index (χ0n) is 9.19. The first-order chi connectivity index (χ1) is 6.53. The lowest BCUT2D eigenvalue weighted by Gasteiger charge is -2.33. The van der Waals surface area contributed by atoms with E-state index in [-0.39, 0.29) is 6.42 Å². The lowest BCUT2D eigenvalue weighted by Crippen LogP contribution is -2.48. The molecule has 0 aromatic rings. The van der Waals surface area contributed by atoms with E-state index in [4.69, 9.17) is 14.2 Å². The molecule has 0 aliphatic rings. The van der Waals surface area contributed by atoms with Crippen molar-refractivity contribution in [1.82, 2.24) is 0 Å². The van der Waals surface area contributed by atoms with E-state index in [0.717, 1.165) is 0 Å². The Hall–Kier alpha value is -0.200. The number of ether oxygens (including phenoxy) is 3. The van der Waals surface area contributed by atoms with Crippen LogP contribution < -0.4 is 0 Å². The molecule has 0 aromatic heterocycles. The topological polar surface area (TPSA) is 68.2 Å². The average Bonchev–Trinajstić information content (AvgIpc) is 2.19. The van der Waals surface area contributed by atoms with Crippen LogP contribution in [-0.4, -0.2) is 49.7 Å². The van der Waals surface area contributed by atoms with Gasteiger partial charge in [0.15, 0.2) is 0 Å². The first-order valence-electron chi connectivity index (χ1n) is 4.55. The Morgan fingerprint density at radius 1 is 1.21 bits per heavy atom. The van der Waals surface area contributed by atoms with Crippen LogP contribution in [0.5, 0.6) is 0 Å². The molecule has 0 aliphatic carbocycles. The quantitative estimate of drug-likeness (QED) is 0.581. The van der Waals surface area contributed by atoms with Crippen LogP contribution >= 0.6 is 0 Å². The summed E-state index contributed by atoms with van der Waals surface area (Å²) in [5.41, 5.74) is 0. The number of aliphatic hydroxyl groups excluding tert-OH is 1. The van der Waals surface area contributed by atoms with Crippen molar-refractivity contribution in [2.24, 2.45) is 0 Å². The lowest BCUT2D eigenvalue weighted by molar-refractivity contribution is -0.324. The van der Waals surface area contributed by atoms with Gasteiger partial charge in [-0.25, -0.2) is 0 Å². The molecule has 5 heteroatoms. The van der Waals surface area contributed by atoms with Crippen molar-refractivity contribution in [3.63, 3.8) is 0 Å². The second kappa shape index (κ2) is 6.31. The molecule has 0 amide bonds. The fraction of sp³-hybridized carbons (Fsp3) is 1.00. The number of hydrogen-bond acceptors (Lipinski definition) is 5. The van der Waals surface area contributed by atoms with Crippen LogP contribution in [0.25, 0.3) is 0 Å². The normalized spacial score (nSPS) is 18.2. The summed E-state index contributed by atoms with van der Waals surface area (Å²) in [7, 11) is 4.14. The number of hydrogen-bond donors (Lipinski definition) is 2. The van der Waals surface area contributed by atoms with Gasteiger partial charge in [-0.2, -0.15) is 0 Å². The van der Waals surface area contributed by atoms with Crippen LogP contribution in [0.4, 0.5) is 0 Å². The molecule has 0 aromatic carbocycles. The fourth-order valence-electron chi connectivity index (χ4n) is 1.22. The fourth-order valence-corrected chi connectivity index (χ4v) is 1.22. The molecule has 86 valence electrons. The summed E-state index contributed by atoms with van der Waals surface area (Å²) in [4.78, 5) is 0. The molecule has 2 atom stereocenters. The van der Waals surface area contributed by atoms with Crippen molar-refractivity contribution in [3.8, 4) is 0 Å². The molecule has 2 N–H and O–H groups in total. The smallest absolute Gasteiger partial charge is 0.220 e. The maximum atomic E-state index is 9.95. The second-order valence-electron chi connectivity index (χ2n) is 3.12. The predicted molar refractivity (Wildman–Crippen MR) is 50.7 cm³/mol. The van der Waals surface area contributed by atoms with Gasteiger partial charge in [0.25, 0.3) is 0 Å². The zero-order chi connectivity index (χ0) is 11.2. The van der Waals surface area contributed by atoms with E-state index < -0.39 is 18.2 Å². The van der Waals surface area contributed by atoms with E-state index in [1.807, 2.05) is 6.92 Å². The number of rotatable bonds is 7. The van der Waals surface area contributed by atoms with Crippen LogP contribution in [0, 0.1) is 0 Å². The Morgan fingerprint density at radius 3 is 2.00 bits per heavy atom. The van der Waals surface area contributed by atoms with Crippen molar-refractivity contribution in [1.29, 1.82) is 0 Å². The molecule has 0 saturated heterocycles. The monoisotopic (exact) mass is 208 g/mol. The van der Waals surface area contributed by atoms with Gasteiger partial charge in [-0.1, -0.05) is 6.92 Å². The average molecular weight is 208 g/mol. The highest BCUT2D eigenvalue weighted by molar-refractivity contribution is 4.75. The molecule has 0 aliphatic heterocycles. The predicted octanol–water partition coefficient (Wildman–Crippen LogP) is 0.101. The first kappa shape index (κ1) is 13.8. The molecule has 14 heavy (non-hydrogen) atoms. The zero-order valence-corrected chi connectivity index (χ0v) is 9.19. The van der Waals surface area contributed by atoms with Crippen LogP contribution in [0.2, 0.25) is 0 Å². The summed E-state index contributed by atoms with van der Waals surface area (Å²) in [5, 5.41) is 19.4. The summed E-state index contributed by atoms with van der Waals surface area (Å²) in [6, 6.07) is 0. The summed E-state index contributed by atoms with van der Waals surface area (Å²) in [6.07, 6.45) is -0.973.